The molecule has 0 unspecified atom stereocenters. The van der Waals surface area contributed by atoms with Gasteiger partial charge in [0, 0.05) is 12.2 Å². The summed E-state index contributed by atoms with van der Waals surface area (Å²) in [6.45, 7) is 23.0. The lowest BCUT2D eigenvalue weighted by atomic mass is 10.2. The van der Waals surface area contributed by atoms with Crippen molar-refractivity contribution in [3.63, 3.8) is 0 Å². The Bertz CT molecular complexity index is 386. The van der Waals surface area contributed by atoms with Gasteiger partial charge in [0.05, 0.1) is 0 Å². The largest absolute Gasteiger partial charge is 0.532 e. The van der Waals surface area contributed by atoms with Gasteiger partial charge in [-0.15, -0.1) is 0 Å². The van der Waals surface area contributed by atoms with Crippen LogP contribution in [0.3, 0.4) is 0 Å². The summed E-state index contributed by atoms with van der Waals surface area (Å²) in [7, 11) is -1.87. The molecule has 0 aromatic heterocycles. The molecule has 20 heavy (non-hydrogen) atoms. The average molecular weight is 294 g/mol. The zero-order valence-corrected chi connectivity index (χ0v) is 15.2. The van der Waals surface area contributed by atoms with Gasteiger partial charge in [-0.25, -0.2) is 0 Å². The molecule has 0 heterocycles. The Morgan fingerprint density at radius 2 is 1.70 bits per heavy atom. The molecule has 0 saturated carbocycles. The molecule has 0 aliphatic carbocycles. The molecule has 114 valence electrons. The van der Waals surface area contributed by atoms with Crippen molar-refractivity contribution >= 4 is 8.32 Å². The summed E-state index contributed by atoms with van der Waals surface area (Å²) in [6.07, 6.45) is 9.41. The second kappa shape index (κ2) is 7.53. The summed E-state index contributed by atoms with van der Waals surface area (Å²) in [5.41, 5.74) is 0. The van der Waals surface area contributed by atoms with E-state index in [1.807, 2.05) is 18.4 Å². The maximum atomic E-state index is 6.43. The molecule has 0 radical (unpaired) electrons. The van der Waals surface area contributed by atoms with E-state index in [9.17, 15) is 0 Å². The summed E-state index contributed by atoms with van der Waals surface area (Å²) in [5.74, 6) is 0.861. The molecule has 0 atom stereocenters. The lowest BCUT2D eigenvalue weighted by molar-refractivity contribution is 0.224. The van der Waals surface area contributed by atoms with Gasteiger partial charge in [-0.2, -0.15) is 0 Å². The summed E-state index contributed by atoms with van der Waals surface area (Å²) in [4.78, 5) is 2.11. The number of hydrogen-bond acceptors (Lipinski definition) is 2. The van der Waals surface area contributed by atoms with Crippen LogP contribution in [0.15, 0.2) is 49.5 Å². The quantitative estimate of drug-likeness (QED) is 0.352. The molecule has 3 heteroatoms. The molecule has 0 fully saturated rings. The van der Waals surface area contributed by atoms with E-state index in [2.05, 4.69) is 65.8 Å². The van der Waals surface area contributed by atoms with Crippen molar-refractivity contribution in [2.45, 2.75) is 58.8 Å². The normalized spacial score (nSPS) is 13.7. The molecular formula is C17H31NOSi. The van der Waals surface area contributed by atoms with Crippen molar-refractivity contribution in [1.29, 1.82) is 0 Å². The second-order valence-electron chi connectivity index (χ2n) is 6.68. The van der Waals surface area contributed by atoms with Crippen LogP contribution in [-0.2, 0) is 4.43 Å². The van der Waals surface area contributed by atoms with Crippen molar-refractivity contribution in [3.05, 3.63) is 49.5 Å². The Hall–Kier alpha value is -1.22. The molecule has 0 amide bonds. The third-order valence-corrected chi connectivity index (χ3v) is 7.95. The molecule has 0 bridgehead atoms. The van der Waals surface area contributed by atoms with Crippen LogP contribution in [0.1, 0.15) is 34.6 Å². The Balaban J connectivity index is 5.44. The van der Waals surface area contributed by atoms with Crippen LogP contribution >= 0.6 is 0 Å². The van der Waals surface area contributed by atoms with E-state index < -0.39 is 8.32 Å². The van der Waals surface area contributed by atoms with Gasteiger partial charge in [0.25, 0.3) is 8.32 Å². The molecular weight excluding hydrogens is 262 g/mol. The number of hydrogen-bond donors (Lipinski definition) is 0. The summed E-state index contributed by atoms with van der Waals surface area (Å²) >= 11 is 0. The highest BCUT2D eigenvalue weighted by Gasteiger charge is 2.40. The van der Waals surface area contributed by atoms with Crippen LogP contribution in [0.5, 0.6) is 0 Å². The van der Waals surface area contributed by atoms with Gasteiger partial charge in [0.15, 0.2) is 5.88 Å². The van der Waals surface area contributed by atoms with Gasteiger partial charge in [-0.3, -0.25) is 0 Å². The SMILES string of the molecule is C=C/C=C\N(/C(=C\C=C)O[Si](C)(C)C(C)(C)C)C(C)C. The maximum Gasteiger partial charge on any atom is 0.252 e. The Kier molecular flexibility index (Phi) is 7.07. The highest BCUT2D eigenvalue weighted by molar-refractivity contribution is 6.74. The van der Waals surface area contributed by atoms with E-state index in [1.54, 1.807) is 12.2 Å². The van der Waals surface area contributed by atoms with Crippen LogP contribution < -0.4 is 0 Å². The zero-order valence-electron chi connectivity index (χ0n) is 14.2. The van der Waals surface area contributed by atoms with Crippen LogP contribution in [0, 0.1) is 0 Å². The molecule has 0 spiro atoms. The van der Waals surface area contributed by atoms with Gasteiger partial charge in [-0.05, 0) is 44.1 Å². The number of allylic oxidation sites excluding steroid dienone is 4. The third-order valence-electron chi connectivity index (χ3n) is 3.62. The predicted molar refractivity (Wildman–Crippen MR) is 92.9 cm³/mol. The monoisotopic (exact) mass is 293 g/mol. The Labute approximate surface area is 126 Å². The number of rotatable bonds is 7. The maximum absolute atomic E-state index is 6.43. The van der Waals surface area contributed by atoms with Crippen molar-refractivity contribution in [1.82, 2.24) is 4.90 Å². The highest BCUT2D eigenvalue weighted by atomic mass is 28.4. The lowest BCUT2D eigenvalue weighted by Gasteiger charge is -2.40. The van der Waals surface area contributed by atoms with Crippen LogP contribution in [0.4, 0.5) is 0 Å². The van der Waals surface area contributed by atoms with Gasteiger partial charge in [0.2, 0.25) is 0 Å². The van der Waals surface area contributed by atoms with Crippen LogP contribution in [0.25, 0.3) is 0 Å². The van der Waals surface area contributed by atoms with Crippen molar-refractivity contribution in [3.8, 4) is 0 Å². The van der Waals surface area contributed by atoms with E-state index in [0.29, 0.717) is 6.04 Å². The smallest absolute Gasteiger partial charge is 0.252 e. The molecule has 2 nitrogen and oxygen atoms in total. The average Bonchev–Trinajstić information content (AvgIpc) is 2.27. The predicted octanol–water partition coefficient (Wildman–Crippen LogP) is 5.45. The van der Waals surface area contributed by atoms with E-state index in [4.69, 9.17) is 4.43 Å². The number of nitrogens with zero attached hydrogens (tertiary/aromatic N) is 1. The molecule has 0 aromatic rings. The van der Waals surface area contributed by atoms with Crippen molar-refractivity contribution in [2.75, 3.05) is 0 Å². The molecule has 0 rings (SSSR count). The van der Waals surface area contributed by atoms with E-state index in [0.717, 1.165) is 5.88 Å². The third kappa shape index (κ3) is 5.41. The fourth-order valence-corrected chi connectivity index (χ4v) is 2.34. The molecule has 0 saturated heterocycles. The topological polar surface area (TPSA) is 12.5 Å². The van der Waals surface area contributed by atoms with Gasteiger partial charge in [-0.1, -0.05) is 46.1 Å². The fraction of sp³-hybridized carbons (Fsp3) is 0.529. The van der Waals surface area contributed by atoms with E-state index in [-0.39, 0.29) is 5.04 Å². The van der Waals surface area contributed by atoms with E-state index >= 15 is 0 Å². The molecule has 0 aromatic carbocycles. The van der Waals surface area contributed by atoms with Gasteiger partial charge < -0.3 is 9.33 Å². The van der Waals surface area contributed by atoms with Gasteiger partial charge >= 0.3 is 0 Å². The molecule has 0 aliphatic rings. The zero-order chi connectivity index (χ0) is 16.0. The minimum absolute atomic E-state index is 0.165. The van der Waals surface area contributed by atoms with Crippen molar-refractivity contribution < 1.29 is 4.43 Å². The second-order valence-corrected chi connectivity index (χ2v) is 11.4. The first-order chi connectivity index (χ1) is 9.06. The highest BCUT2D eigenvalue weighted by Crippen LogP contribution is 2.38. The Morgan fingerprint density at radius 1 is 1.15 bits per heavy atom. The first kappa shape index (κ1) is 18.8. The molecule has 0 aliphatic heterocycles. The lowest BCUT2D eigenvalue weighted by Crippen LogP contribution is -2.43. The van der Waals surface area contributed by atoms with Gasteiger partial charge in [0.1, 0.15) is 0 Å². The molecule has 0 N–H and O–H groups in total. The minimum atomic E-state index is -1.87. The van der Waals surface area contributed by atoms with Crippen molar-refractivity contribution in [2.24, 2.45) is 0 Å². The Morgan fingerprint density at radius 3 is 2.05 bits per heavy atom. The summed E-state index contributed by atoms with van der Waals surface area (Å²) < 4.78 is 6.43. The first-order valence-electron chi connectivity index (χ1n) is 7.16. The van der Waals surface area contributed by atoms with E-state index in [1.165, 1.54) is 0 Å². The summed E-state index contributed by atoms with van der Waals surface area (Å²) in [5, 5.41) is 0.165. The standard InChI is InChI=1S/C17H31NOSi/c1-10-12-14-18(15(3)4)16(13-11-2)19-20(8,9)17(5,6)7/h10-15H,1-2H2,3-9H3/b14-12-,16-13+. The van der Waals surface area contributed by atoms with Crippen LogP contribution in [0.2, 0.25) is 18.1 Å². The first-order valence-corrected chi connectivity index (χ1v) is 10.1. The summed E-state index contributed by atoms with van der Waals surface area (Å²) in [6, 6.07) is 0.308. The minimum Gasteiger partial charge on any atom is -0.532 e. The fourth-order valence-electron chi connectivity index (χ4n) is 1.34. The van der Waals surface area contributed by atoms with Crippen LogP contribution in [-0.4, -0.2) is 19.3 Å².